The Bertz CT molecular complexity index is 221. The first kappa shape index (κ1) is 14.3. The lowest BCUT2D eigenvalue weighted by Gasteiger charge is -2.33. The van der Waals surface area contributed by atoms with E-state index in [0.29, 0.717) is 6.10 Å². The lowest BCUT2D eigenvalue weighted by Crippen LogP contribution is -2.41. The number of aliphatic hydroxyl groups is 1. The number of piperidine rings is 1. The van der Waals surface area contributed by atoms with Gasteiger partial charge in [-0.15, -0.1) is 0 Å². The topological polar surface area (TPSA) is 32.7 Å². The zero-order chi connectivity index (χ0) is 12.8. The van der Waals surface area contributed by atoms with E-state index in [2.05, 4.69) is 11.8 Å². The van der Waals surface area contributed by atoms with E-state index in [1.54, 1.807) is 0 Å². The van der Waals surface area contributed by atoms with Gasteiger partial charge in [-0.25, -0.2) is 0 Å². The van der Waals surface area contributed by atoms with Gasteiger partial charge < -0.3 is 14.7 Å². The first-order valence-corrected chi connectivity index (χ1v) is 7.80. The number of aliphatic hydroxyl groups excluding tert-OH is 1. The summed E-state index contributed by atoms with van der Waals surface area (Å²) >= 11 is 0. The number of hydrogen-bond donors (Lipinski definition) is 1. The molecule has 1 saturated heterocycles. The van der Waals surface area contributed by atoms with Crippen LogP contribution in [0, 0.1) is 5.92 Å². The average Bonchev–Trinajstić information content (AvgIpc) is 2.84. The predicted molar refractivity (Wildman–Crippen MR) is 73.7 cm³/mol. The first-order valence-electron chi connectivity index (χ1n) is 7.80. The van der Waals surface area contributed by atoms with Crippen molar-refractivity contribution < 1.29 is 9.84 Å². The number of rotatable bonds is 6. The molecule has 0 aromatic carbocycles. The molecule has 1 atom stereocenters. The van der Waals surface area contributed by atoms with Gasteiger partial charge in [-0.05, 0) is 32.1 Å². The van der Waals surface area contributed by atoms with Crippen LogP contribution in [-0.2, 0) is 4.74 Å². The maximum absolute atomic E-state index is 10.2. The van der Waals surface area contributed by atoms with Gasteiger partial charge in [-0.3, -0.25) is 0 Å². The molecule has 0 bridgehead atoms. The summed E-state index contributed by atoms with van der Waals surface area (Å²) in [6.45, 7) is 5.95. The Morgan fingerprint density at radius 1 is 1.17 bits per heavy atom. The molecule has 0 amide bonds. The van der Waals surface area contributed by atoms with Crippen LogP contribution in [0.4, 0.5) is 0 Å². The van der Waals surface area contributed by atoms with Gasteiger partial charge in [0.15, 0.2) is 0 Å². The predicted octanol–water partition coefficient (Wildman–Crippen LogP) is 2.43. The zero-order valence-corrected chi connectivity index (χ0v) is 11.8. The fourth-order valence-electron chi connectivity index (χ4n) is 3.50. The standard InChI is InChI=1S/C15H29NO2/c1-2-18-15-7-9-16(10-8-15)12-14(17)11-13-5-3-4-6-13/h13-15,17H,2-12H2,1H3/t14-/m0/s1. The number of likely N-dealkylation sites (tertiary alicyclic amines) is 1. The summed E-state index contributed by atoms with van der Waals surface area (Å²) in [4.78, 5) is 2.41. The monoisotopic (exact) mass is 255 g/mol. The molecule has 0 aromatic rings. The summed E-state index contributed by atoms with van der Waals surface area (Å²) in [5, 5.41) is 10.2. The van der Waals surface area contributed by atoms with E-state index in [9.17, 15) is 5.11 Å². The second-order valence-corrected chi connectivity index (χ2v) is 6.00. The van der Waals surface area contributed by atoms with Crippen LogP contribution in [0.3, 0.4) is 0 Å². The summed E-state index contributed by atoms with van der Waals surface area (Å²) in [5.74, 6) is 0.793. The number of ether oxygens (including phenoxy) is 1. The van der Waals surface area contributed by atoms with E-state index in [1.165, 1.54) is 25.7 Å². The molecule has 1 saturated carbocycles. The minimum Gasteiger partial charge on any atom is -0.392 e. The van der Waals surface area contributed by atoms with Gasteiger partial charge in [0.1, 0.15) is 0 Å². The highest BCUT2D eigenvalue weighted by atomic mass is 16.5. The minimum atomic E-state index is -0.114. The van der Waals surface area contributed by atoms with Crippen LogP contribution in [0.2, 0.25) is 0 Å². The summed E-state index contributed by atoms with van der Waals surface area (Å²) < 4.78 is 5.65. The molecule has 2 rings (SSSR count). The van der Waals surface area contributed by atoms with E-state index in [0.717, 1.165) is 51.4 Å². The summed E-state index contributed by atoms with van der Waals surface area (Å²) in [5.41, 5.74) is 0. The molecular formula is C15H29NO2. The third kappa shape index (κ3) is 4.52. The zero-order valence-electron chi connectivity index (χ0n) is 11.8. The average molecular weight is 255 g/mol. The highest BCUT2D eigenvalue weighted by Crippen LogP contribution is 2.28. The molecule has 2 fully saturated rings. The summed E-state index contributed by atoms with van der Waals surface area (Å²) in [7, 11) is 0. The molecule has 18 heavy (non-hydrogen) atoms. The first-order chi connectivity index (χ1) is 8.78. The van der Waals surface area contributed by atoms with Crippen LogP contribution in [0.1, 0.15) is 51.9 Å². The van der Waals surface area contributed by atoms with Crippen molar-refractivity contribution in [3.05, 3.63) is 0 Å². The lowest BCUT2D eigenvalue weighted by molar-refractivity contribution is 0.00108. The Kier molecular flexibility index (Phi) is 5.93. The SMILES string of the molecule is CCOC1CCN(C[C@@H](O)CC2CCCC2)CC1. The lowest BCUT2D eigenvalue weighted by atomic mass is 9.99. The molecule has 1 heterocycles. The Morgan fingerprint density at radius 2 is 1.83 bits per heavy atom. The van der Waals surface area contributed by atoms with Crippen molar-refractivity contribution in [3.63, 3.8) is 0 Å². The second-order valence-electron chi connectivity index (χ2n) is 6.00. The number of nitrogens with zero attached hydrogens (tertiary/aromatic N) is 1. The van der Waals surface area contributed by atoms with Gasteiger partial charge in [0.25, 0.3) is 0 Å². The maximum atomic E-state index is 10.2. The molecule has 3 nitrogen and oxygen atoms in total. The molecule has 0 radical (unpaired) electrons. The molecule has 2 aliphatic rings. The van der Waals surface area contributed by atoms with E-state index >= 15 is 0 Å². The maximum Gasteiger partial charge on any atom is 0.0669 e. The second kappa shape index (κ2) is 7.46. The molecule has 0 unspecified atom stereocenters. The van der Waals surface area contributed by atoms with Gasteiger partial charge in [0.2, 0.25) is 0 Å². The normalized spacial score (nSPS) is 25.7. The van der Waals surface area contributed by atoms with Crippen LogP contribution >= 0.6 is 0 Å². The van der Waals surface area contributed by atoms with Crippen LogP contribution in [0.25, 0.3) is 0 Å². The van der Waals surface area contributed by atoms with E-state index in [4.69, 9.17) is 4.74 Å². The largest absolute Gasteiger partial charge is 0.392 e. The smallest absolute Gasteiger partial charge is 0.0669 e. The molecule has 1 N–H and O–H groups in total. The third-order valence-corrected chi connectivity index (χ3v) is 4.49. The van der Waals surface area contributed by atoms with E-state index < -0.39 is 0 Å². The van der Waals surface area contributed by atoms with Crippen LogP contribution in [-0.4, -0.2) is 48.5 Å². The van der Waals surface area contributed by atoms with Crippen molar-refractivity contribution in [1.82, 2.24) is 4.90 Å². The van der Waals surface area contributed by atoms with Crippen molar-refractivity contribution in [3.8, 4) is 0 Å². The quantitative estimate of drug-likeness (QED) is 0.791. The Balaban J connectivity index is 1.61. The van der Waals surface area contributed by atoms with Crippen molar-refractivity contribution in [2.24, 2.45) is 5.92 Å². The Labute approximate surface area is 112 Å². The fraction of sp³-hybridized carbons (Fsp3) is 1.00. The van der Waals surface area contributed by atoms with Crippen LogP contribution in [0.5, 0.6) is 0 Å². The molecule has 1 aliphatic carbocycles. The number of hydrogen-bond acceptors (Lipinski definition) is 3. The molecular weight excluding hydrogens is 226 g/mol. The van der Waals surface area contributed by atoms with Crippen molar-refractivity contribution >= 4 is 0 Å². The van der Waals surface area contributed by atoms with Crippen molar-refractivity contribution in [2.45, 2.75) is 64.1 Å². The third-order valence-electron chi connectivity index (χ3n) is 4.49. The highest BCUT2D eigenvalue weighted by molar-refractivity contribution is 4.77. The Morgan fingerprint density at radius 3 is 2.44 bits per heavy atom. The summed E-state index contributed by atoms with van der Waals surface area (Å²) in [6, 6.07) is 0. The fourth-order valence-corrected chi connectivity index (χ4v) is 3.50. The Hall–Kier alpha value is -0.120. The molecule has 3 heteroatoms. The molecule has 0 spiro atoms. The summed E-state index contributed by atoms with van der Waals surface area (Å²) in [6.07, 6.45) is 9.04. The van der Waals surface area contributed by atoms with Crippen LogP contribution < -0.4 is 0 Å². The number of β-amino-alcohol motifs (C(OH)–C–C–N with tert-alkyl or cyclic N) is 1. The molecule has 1 aliphatic heterocycles. The van der Waals surface area contributed by atoms with E-state index in [-0.39, 0.29) is 6.10 Å². The van der Waals surface area contributed by atoms with Gasteiger partial charge in [-0.2, -0.15) is 0 Å². The van der Waals surface area contributed by atoms with Crippen molar-refractivity contribution in [1.29, 1.82) is 0 Å². The van der Waals surface area contributed by atoms with Gasteiger partial charge in [0.05, 0.1) is 12.2 Å². The molecule has 106 valence electrons. The van der Waals surface area contributed by atoms with E-state index in [1.807, 2.05) is 0 Å². The van der Waals surface area contributed by atoms with Gasteiger partial charge in [0, 0.05) is 26.2 Å². The van der Waals surface area contributed by atoms with Crippen LogP contribution in [0.15, 0.2) is 0 Å². The minimum absolute atomic E-state index is 0.114. The van der Waals surface area contributed by atoms with Gasteiger partial charge in [-0.1, -0.05) is 25.7 Å². The van der Waals surface area contributed by atoms with Gasteiger partial charge >= 0.3 is 0 Å². The molecule has 0 aromatic heterocycles. The highest BCUT2D eigenvalue weighted by Gasteiger charge is 2.23. The van der Waals surface area contributed by atoms with Crippen molar-refractivity contribution in [2.75, 3.05) is 26.2 Å².